The lowest BCUT2D eigenvalue weighted by Gasteiger charge is -2.33. The van der Waals surface area contributed by atoms with E-state index in [-0.39, 0.29) is 12.1 Å². The third-order valence-electron chi connectivity index (χ3n) is 3.09. The Labute approximate surface area is 117 Å². The van der Waals surface area contributed by atoms with Gasteiger partial charge in [-0.05, 0) is 32.9 Å². The molecule has 108 valence electrons. The predicted octanol–water partition coefficient (Wildman–Crippen LogP) is 2.55. The first-order valence-corrected chi connectivity index (χ1v) is 6.28. The van der Waals surface area contributed by atoms with Gasteiger partial charge in [0.25, 0.3) is 0 Å². The van der Waals surface area contributed by atoms with Gasteiger partial charge in [0.1, 0.15) is 11.4 Å². The minimum Gasteiger partial charge on any atom is -0.480 e. The lowest BCUT2D eigenvalue weighted by molar-refractivity contribution is -0.154. The fourth-order valence-electron chi connectivity index (χ4n) is 1.80. The molecule has 1 rings (SSSR count). The topological polar surface area (TPSA) is 57.6 Å². The van der Waals surface area contributed by atoms with E-state index in [1.807, 2.05) is 0 Å². The van der Waals surface area contributed by atoms with Crippen LogP contribution >= 0.6 is 0 Å². The molecule has 0 radical (unpaired) electrons. The zero-order chi connectivity index (χ0) is 15.3. The van der Waals surface area contributed by atoms with Crippen molar-refractivity contribution in [2.75, 3.05) is 6.54 Å². The van der Waals surface area contributed by atoms with E-state index in [1.165, 1.54) is 43.0 Å². The Morgan fingerprint density at radius 1 is 1.35 bits per heavy atom. The average molecular weight is 279 g/mol. The number of rotatable bonds is 5. The molecular formula is C15H18FNO3. The van der Waals surface area contributed by atoms with Crippen LogP contribution in [0.5, 0.6) is 0 Å². The SMILES string of the molecule is CCN(C(=O)C=Cc1ccccc1F)C(C)(C)C(=O)O. The van der Waals surface area contributed by atoms with Crippen molar-refractivity contribution in [2.45, 2.75) is 26.3 Å². The summed E-state index contributed by atoms with van der Waals surface area (Å²) in [6, 6.07) is 6.05. The van der Waals surface area contributed by atoms with Crippen LogP contribution in [0.4, 0.5) is 4.39 Å². The molecule has 20 heavy (non-hydrogen) atoms. The van der Waals surface area contributed by atoms with E-state index in [4.69, 9.17) is 5.11 Å². The number of likely N-dealkylation sites (N-methyl/N-ethyl adjacent to an activating group) is 1. The van der Waals surface area contributed by atoms with Gasteiger partial charge in [0, 0.05) is 18.2 Å². The molecule has 0 unspecified atom stereocenters. The molecule has 1 amide bonds. The summed E-state index contributed by atoms with van der Waals surface area (Å²) in [5.41, 5.74) is -1.03. The third kappa shape index (κ3) is 3.44. The van der Waals surface area contributed by atoms with Crippen LogP contribution in [0.2, 0.25) is 0 Å². The van der Waals surface area contributed by atoms with Crippen molar-refractivity contribution >= 4 is 18.0 Å². The van der Waals surface area contributed by atoms with Gasteiger partial charge < -0.3 is 10.0 Å². The van der Waals surface area contributed by atoms with Crippen molar-refractivity contribution in [1.82, 2.24) is 4.90 Å². The Balaban J connectivity index is 2.94. The van der Waals surface area contributed by atoms with Crippen molar-refractivity contribution in [1.29, 1.82) is 0 Å². The quantitative estimate of drug-likeness (QED) is 0.843. The Morgan fingerprint density at radius 2 is 1.95 bits per heavy atom. The fraction of sp³-hybridized carbons (Fsp3) is 0.333. The second kappa shape index (κ2) is 6.32. The predicted molar refractivity (Wildman–Crippen MR) is 74.5 cm³/mol. The maximum Gasteiger partial charge on any atom is 0.329 e. The van der Waals surface area contributed by atoms with Gasteiger partial charge in [0.05, 0.1) is 0 Å². The molecule has 0 aromatic heterocycles. The lowest BCUT2D eigenvalue weighted by Crippen LogP contribution is -2.52. The van der Waals surface area contributed by atoms with Crippen LogP contribution in [0.25, 0.3) is 6.08 Å². The van der Waals surface area contributed by atoms with E-state index in [0.29, 0.717) is 0 Å². The Kier molecular flexibility index (Phi) is 5.02. The standard InChI is InChI=1S/C15H18FNO3/c1-4-17(15(2,3)14(19)20)13(18)10-9-11-7-5-6-8-12(11)16/h5-10H,4H2,1-3H3,(H,19,20). The van der Waals surface area contributed by atoms with Crippen LogP contribution in [0.1, 0.15) is 26.3 Å². The Hall–Kier alpha value is -2.17. The molecule has 0 bridgehead atoms. The molecule has 5 heteroatoms. The van der Waals surface area contributed by atoms with Crippen LogP contribution in [0.3, 0.4) is 0 Å². The molecule has 0 heterocycles. The van der Waals surface area contributed by atoms with E-state index in [0.717, 1.165) is 0 Å². The summed E-state index contributed by atoms with van der Waals surface area (Å²) in [7, 11) is 0. The van der Waals surface area contributed by atoms with Gasteiger partial charge in [-0.15, -0.1) is 0 Å². The number of nitrogens with zero attached hydrogens (tertiary/aromatic N) is 1. The summed E-state index contributed by atoms with van der Waals surface area (Å²) in [4.78, 5) is 24.5. The number of carboxylic acids is 1. The number of amides is 1. The van der Waals surface area contributed by atoms with Gasteiger partial charge in [-0.2, -0.15) is 0 Å². The Morgan fingerprint density at radius 3 is 2.45 bits per heavy atom. The highest BCUT2D eigenvalue weighted by molar-refractivity contribution is 5.95. The number of carboxylic acid groups (broad SMARTS) is 1. The highest BCUT2D eigenvalue weighted by Crippen LogP contribution is 2.16. The van der Waals surface area contributed by atoms with E-state index in [2.05, 4.69) is 0 Å². The van der Waals surface area contributed by atoms with Crippen LogP contribution < -0.4 is 0 Å². The summed E-state index contributed by atoms with van der Waals surface area (Å²) < 4.78 is 13.4. The molecule has 0 aliphatic heterocycles. The van der Waals surface area contributed by atoms with Crippen molar-refractivity contribution in [3.8, 4) is 0 Å². The number of aliphatic carboxylic acids is 1. The third-order valence-corrected chi connectivity index (χ3v) is 3.09. The normalized spacial score (nSPS) is 11.6. The van der Waals surface area contributed by atoms with Crippen LogP contribution in [-0.2, 0) is 9.59 Å². The first-order chi connectivity index (χ1) is 9.30. The molecule has 0 saturated heterocycles. The van der Waals surface area contributed by atoms with Gasteiger partial charge in [-0.1, -0.05) is 18.2 Å². The van der Waals surface area contributed by atoms with E-state index < -0.39 is 23.2 Å². The molecule has 1 aromatic rings. The summed E-state index contributed by atoms with van der Waals surface area (Å²) in [6.07, 6.45) is 2.53. The molecule has 4 nitrogen and oxygen atoms in total. The Bertz CT molecular complexity index is 538. The number of halogens is 1. The summed E-state index contributed by atoms with van der Waals surface area (Å²) >= 11 is 0. The number of hydrogen-bond acceptors (Lipinski definition) is 2. The van der Waals surface area contributed by atoms with Gasteiger partial charge in [0.15, 0.2) is 0 Å². The zero-order valence-corrected chi connectivity index (χ0v) is 11.8. The molecule has 0 atom stereocenters. The molecule has 0 aliphatic carbocycles. The van der Waals surface area contributed by atoms with Gasteiger partial charge in [-0.3, -0.25) is 4.79 Å². The maximum absolute atomic E-state index is 13.4. The smallest absolute Gasteiger partial charge is 0.329 e. The first kappa shape index (κ1) is 15.9. The summed E-state index contributed by atoms with van der Waals surface area (Å²) in [5.74, 6) is -1.99. The molecule has 0 aliphatic rings. The van der Waals surface area contributed by atoms with Crippen molar-refractivity contribution < 1.29 is 19.1 Å². The molecule has 0 spiro atoms. The highest BCUT2D eigenvalue weighted by atomic mass is 19.1. The number of hydrogen-bond donors (Lipinski definition) is 1. The van der Waals surface area contributed by atoms with Crippen molar-refractivity contribution in [3.05, 3.63) is 41.7 Å². The molecule has 1 N–H and O–H groups in total. The van der Waals surface area contributed by atoms with Gasteiger partial charge in [-0.25, -0.2) is 9.18 Å². The zero-order valence-electron chi connectivity index (χ0n) is 11.8. The minimum absolute atomic E-state index is 0.250. The van der Waals surface area contributed by atoms with Crippen LogP contribution in [0, 0.1) is 5.82 Å². The number of carbonyl (C=O) groups excluding carboxylic acids is 1. The number of carbonyl (C=O) groups is 2. The number of benzene rings is 1. The lowest BCUT2D eigenvalue weighted by atomic mass is 10.0. The first-order valence-electron chi connectivity index (χ1n) is 6.28. The molecule has 0 saturated carbocycles. The summed E-state index contributed by atoms with van der Waals surface area (Å²) in [6.45, 7) is 4.85. The van der Waals surface area contributed by atoms with Gasteiger partial charge in [0.2, 0.25) is 5.91 Å². The second-order valence-corrected chi connectivity index (χ2v) is 4.80. The highest BCUT2D eigenvalue weighted by Gasteiger charge is 2.35. The molecular weight excluding hydrogens is 261 g/mol. The van der Waals surface area contributed by atoms with Crippen molar-refractivity contribution in [3.63, 3.8) is 0 Å². The second-order valence-electron chi connectivity index (χ2n) is 4.80. The van der Waals surface area contributed by atoms with Crippen LogP contribution in [0.15, 0.2) is 30.3 Å². The molecule has 1 aromatic carbocycles. The average Bonchev–Trinajstić information content (AvgIpc) is 2.38. The molecule has 0 fully saturated rings. The fourth-order valence-corrected chi connectivity index (χ4v) is 1.80. The van der Waals surface area contributed by atoms with E-state index in [1.54, 1.807) is 19.1 Å². The minimum atomic E-state index is -1.31. The van der Waals surface area contributed by atoms with Crippen molar-refractivity contribution in [2.24, 2.45) is 0 Å². The van der Waals surface area contributed by atoms with Crippen LogP contribution in [-0.4, -0.2) is 34.0 Å². The van der Waals surface area contributed by atoms with Gasteiger partial charge >= 0.3 is 5.97 Å². The largest absolute Gasteiger partial charge is 0.480 e. The summed E-state index contributed by atoms with van der Waals surface area (Å²) in [5, 5.41) is 9.14. The van der Waals surface area contributed by atoms with E-state index >= 15 is 0 Å². The maximum atomic E-state index is 13.4. The monoisotopic (exact) mass is 279 g/mol. The van der Waals surface area contributed by atoms with E-state index in [9.17, 15) is 14.0 Å².